The largest absolute Gasteiger partial charge is 0.480 e. The number of carbonyl (C=O) groups excluding carboxylic acids is 1. The van der Waals surface area contributed by atoms with E-state index in [1.165, 1.54) is 0 Å². The Kier molecular flexibility index (Phi) is 6.94. The monoisotopic (exact) mass is 393 g/mol. The zero-order chi connectivity index (χ0) is 20.7. The molecule has 5 nitrogen and oxygen atoms in total. The first-order chi connectivity index (χ1) is 13.2. The highest BCUT2D eigenvalue weighted by atomic mass is 19.4. The number of benzene rings is 2. The molecule has 3 N–H and O–H groups in total. The maximum absolute atomic E-state index is 12.6. The van der Waals surface area contributed by atoms with E-state index in [0.717, 1.165) is 29.8 Å². The minimum Gasteiger partial charge on any atom is -0.480 e. The second-order valence-electron chi connectivity index (χ2n) is 5.97. The Hall–Kier alpha value is -3.13. The molecule has 0 saturated heterocycles. The van der Waals surface area contributed by atoms with Crippen molar-refractivity contribution in [2.24, 2.45) is 0 Å². The van der Waals surface area contributed by atoms with Crippen molar-refractivity contribution in [3.8, 4) is 0 Å². The van der Waals surface area contributed by atoms with Gasteiger partial charge in [0, 0.05) is 0 Å². The molecule has 0 aliphatic heterocycles. The van der Waals surface area contributed by atoms with Crippen LogP contribution in [0, 0.1) is 0 Å². The predicted octanol–water partition coefficient (Wildman–Crippen LogP) is 3.41. The summed E-state index contributed by atoms with van der Waals surface area (Å²) in [6.07, 6.45) is -3.10. The Bertz CT molecular complexity index is 833. The second kappa shape index (κ2) is 9.18. The summed E-state index contributed by atoms with van der Waals surface area (Å²) in [5.74, 6) is -2.31. The summed E-state index contributed by atoms with van der Waals surface area (Å²) < 4.78 is 37.7. The maximum atomic E-state index is 12.6. The Balaban J connectivity index is 2.01. The van der Waals surface area contributed by atoms with Crippen LogP contribution in [0.15, 0.2) is 60.7 Å². The van der Waals surface area contributed by atoms with Gasteiger partial charge < -0.3 is 15.5 Å². The molecule has 8 heteroatoms. The first kappa shape index (κ1) is 21.2. The summed E-state index contributed by atoms with van der Waals surface area (Å²) in [6.45, 7) is 0. The molecule has 0 unspecified atom stereocenters. The average Bonchev–Trinajstić information content (AvgIpc) is 2.66. The minimum absolute atomic E-state index is 0.0320. The van der Waals surface area contributed by atoms with Gasteiger partial charge in [-0.25, -0.2) is 4.79 Å². The molecule has 0 aromatic heterocycles. The van der Waals surface area contributed by atoms with Crippen LogP contribution in [-0.4, -0.2) is 28.1 Å². The van der Waals surface area contributed by atoms with Crippen molar-refractivity contribution in [2.45, 2.75) is 24.7 Å². The number of carboxylic acids is 1. The topological polar surface area (TPSA) is 86.6 Å². The van der Waals surface area contributed by atoms with Gasteiger partial charge in [0.2, 0.25) is 0 Å². The summed E-state index contributed by atoms with van der Waals surface area (Å²) in [5.41, 5.74) is -0.143. The number of hydrogen-bond acceptors (Lipinski definition) is 3. The van der Waals surface area contributed by atoms with Gasteiger partial charge in [-0.05, 0) is 29.7 Å². The first-order valence-electron chi connectivity index (χ1n) is 8.28. The van der Waals surface area contributed by atoms with E-state index >= 15 is 0 Å². The highest BCUT2D eigenvalue weighted by Gasteiger charge is 2.31. The van der Waals surface area contributed by atoms with Crippen LogP contribution in [0.5, 0.6) is 0 Å². The molecule has 2 aromatic carbocycles. The number of aliphatic carboxylic acids is 1. The average molecular weight is 393 g/mol. The van der Waals surface area contributed by atoms with Crippen LogP contribution >= 0.6 is 0 Å². The summed E-state index contributed by atoms with van der Waals surface area (Å²) >= 11 is 0. The van der Waals surface area contributed by atoms with E-state index in [4.69, 9.17) is 0 Å². The number of aliphatic hydroxyl groups excluding tert-OH is 1. The summed E-state index contributed by atoms with van der Waals surface area (Å²) in [5, 5.41) is 21.4. The van der Waals surface area contributed by atoms with Gasteiger partial charge in [-0.15, -0.1) is 0 Å². The summed E-state index contributed by atoms with van der Waals surface area (Å²) in [4.78, 5) is 23.4. The minimum atomic E-state index is -4.54. The molecule has 2 atom stereocenters. The van der Waals surface area contributed by atoms with Crippen LogP contribution in [0.2, 0.25) is 0 Å². The Labute approximate surface area is 159 Å². The van der Waals surface area contributed by atoms with Crippen LogP contribution < -0.4 is 5.32 Å². The van der Waals surface area contributed by atoms with Crippen molar-refractivity contribution < 1.29 is 33.0 Å². The lowest BCUT2D eigenvalue weighted by molar-refractivity contribution is -0.143. The van der Waals surface area contributed by atoms with E-state index in [-0.39, 0.29) is 12.0 Å². The normalized spacial score (nSPS) is 13.9. The van der Waals surface area contributed by atoms with E-state index < -0.39 is 35.8 Å². The molecule has 148 valence electrons. The molecule has 0 heterocycles. The molecule has 0 aliphatic carbocycles. The zero-order valence-corrected chi connectivity index (χ0v) is 14.6. The highest BCUT2D eigenvalue weighted by Crippen LogP contribution is 2.30. The molecule has 0 aliphatic rings. The van der Waals surface area contributed by atoms with Crippen molar-refractivity contribution in [1.82, 2.24) is 5.32 Å². The lowest BCUT2D eigenvalue weighted by Crippen LogP contribution is -2.42. The summed E-state index contributed by atoms with van der Waals surface area (Å²) in [7, 11) is 0. The van der Waals surface area contributed by atoms with E-state index in [0.29, 0.717) is 0 Å². The van der Waals surface area contributed by atoms with Gasteiger partial charge in [0.1, 0.15) is 6.04 Å². The molecule has 28 heavy (non-hydrogen) atoms. The number of nitrogens with one attached hydrogen (secondary N) is 1. The third-order valence-electron chi connectivity index (χ3n) is 3.90. The number of halogens is 3. The third-order valence-corrected chi connectivity index (χ3v) is 3.90. The molecule has 0 spiro atoms. The van der Waals surface area contributed by atoms with Gasteiger partial charge in [-0.1, -0.05) is 54.6 Å². The lowest BCUT2D eigenvalue weighted by Gasteiger charge is -2.17. The van der Waals surface area contributed by atoms with E-state index in [1.54, 1.807) is 12.2 Å². The second-order valence-corrected chi connectivity index (χ2v) is 5.97. The fraction of sp³-hybridized carbons (Fsp3) is 0.200. The van der Waals surface area contributed by atoms with Crippen molar-refractivity contribution in [3.05, 3.63) is 77.4 Å². The van der Waals surface area contributed by atoms with Gasteiger partial charge >= 0.3 is 12.1 Å². The lowest BCUT2D eigenvalue weighted by atomic mass is 10.1. The molecule has 1 amide bonds. The number of aliphatic hydroxyl groups is 1. The number of amides is 1. The smallest absolute Gasteiger partial charge is 0.416 e. The van der Waals surface area contributed by atoms with Crippen LogP contribution in [0.25, 0.3) is 6.08 Å². The van der Waals surface area contributed by atoms with Crippen LogP contribution in [0.4, 0.5) is 13.2 Å². The Morgan fingerprint density at radius 1 is 1.04 bits per heavy atom. The van der Waals surface area contributed by atoms with Crippen molar-refractivity contribution in [2.75, 3.05) is 0 Å². The van der Waals surface area contributed by atoms with Crippen molar-refractivity contribution in [3.63, 3.8) is 0 Å². The molecule has 2 rings (SSSR count). The third kappa shape index (κ3) is 5.95. The van der Waals surface area contributed by atoms with Gasteiger partial charge in [0.25, 0.3) is 5.91 Å². The molecular weight excluding hydrogens is 375 g/mol. The Morgan fingerprint density at radius 2 is 1.64 bits per heavy atom. The number of rotatable bonds is 7. The van der Waals surface area contributed by atoms with Crippen molar-refractivity contribution >= 4 is 18.0 Å². The molecule has 2 aromatic rings. The number of alkyl halides is 3. The van der Waals surface area contributed by atoms with E-state index in [9.17, 15) is 33.0 Å². The quantitative estimate of drug-likeness (QED) is 0.673. The Morgan fingerprint density at radius 3 is 2.18 bits per heavy atom. The fourth-order valence-electron chi connectivity index (χ4n) is 2.38. The van der Waals surface area contributed by atoms with Crippen molar-refractivity contribution in [1.29, 1.82) is 0 Å². The van der Waals surface area contributed by atoms with Crippen LogP contribution in [0.1, 0.15) is 29.2 Å². The van der Waals surface area contributed by atoms with Gasteiger partial charge in [0.15, 0.2) is 6.10 Å². The number of carbonyl (C=O) groups is 2. The van der Waals surface area contributed by atoms with Gasteiger partial charge in [-0.2, -0.15) is 13.2 Å². The first-order valence-corrected chi connectivity index (χ1v) is 8.28. The van der Waals surface area contributed by atoms with Gasteiger partial charge in [-0.3, -0.25) is 4.79 Å². The molecule has 0 saturated carbocycles. The van der Waals surface area contributed by atoms with Gasteiger partial charge in [0.05, 0.1) is 5.56 Å². The fourth-order valence-corrected chi connectivity index (χ4v) is 2.38. The molecular formula is C20H18F3NO4. The number of carboxylic acid groups (broad SMARTS) is 1. The zero-order valence-electron chi connectivity index (χ0n) is 14.6. The highest BCUT2D eigenvalue weighted by molar-refractivity contribution is 5.87. The molecule has 0 bridgehead atoms. The SMILES string of the molecule is O=C(O)[C@@H](C/C=C/c1ccccc1)NC(=O)[C@H](O)c1ccc(C(F)(F)F)cc1. The van der Waals surface area contributed by atoms with Crippen LogP contribution in [0.3, 0.4) is 0 Å². The van der Waals surface area contributed by atoms with E-state index in [1.807, 2.05) is 30.3 Å². The molecule has 0 fully saturated rings. The number of hydrogen-bond donors (Lipinski definition) is 3. The van der Waals surface area contributed by atoms with Crippen LogP contribution in [-0.2, 0) is 15.8 Å². The van der Waals surface area contributed by atoms with E-state index in [2.05, 4.69) is 5.32 Å². The predicted molar refractivity (Wildman–Crippen MR) is 96.1 cm³/mol. The molecule has 0 radical (unpaired) electrons. The standard InChI is InChI=1S/C20H18F3NO4/c21-20(22,23)15-11-9-14(10-12-15)17(25)18(26)24-16(19(27)28)8-4-7-13-5-2-1-3-6-13/h1-7,9-12,16-17,25H,8H2,(H,24,26)(H,27,28)/b7-4+/t16-,17-/m1/s1. The summed E-state index contributed by atoms with van der Waals surface area (Å²) in [6, 6.07) is 11.2. The maximum Gasteiger partial charge on any atom is 0.416 e.